The predicted octanol–water partition coefficient (Wildman–Crippen LogP) is 2.34. The van der Waals surface area contributed by atoms with Crippen LogP contribution in [0, 0.1) is 5.82 Å². The molecule has 0 atom stereocenters. The molecule has 0 aliphatic carbocycles. The molecule has 0 fully saturated rings. The van der Waals surface area contributed by atoms with Crippen molar-refractivity contribution in [3.63, 3.8) is 0 Å². The number of halogens is 1. The minimum Gasteiger partial charge on any atom is -0.507 e. The summed E-state index contributed by atoms with van der Waals surface area (Å²) in [6, 6.07) is 9.46. The number of aromatic hydroxyl groups is 1. The minimum atomic E-state index is -0.568. The largest absolute Gasteiger partial charge is 0.507 e. The van der Waals surface area contributed by atoms with E-state index in [-0.39, 0.29) is 11.3 Å². The van der Waals surface area contributed by atoms with Gasteiger partial charge in [0.1, 0.15) is 11.6 Å². The van der Waals surface area contributed by atoms with Crippen LogP contribution in [0.4, 0.5) is 10.1 Å². The fraction of sp³-hybridized carbons (Fsp3) is 0. The van der Waals surface area contributed by atoms with Crippen molar-refractivity contribution in [2.75, 3.05) is 5.73 Å². The molecule has 0 unspecified atom stereocenters. The third-order valence-corrected chi connectivity index (χ3v) is 2.38. The Morgan fingerprint density at radius 3 is 2.41 bits per heavy atom. The highest BCUT2D eigenvalue weighted by Gasteiger charge is 2.14. The van der Waals surface area contributed by atoms with E-state index >= 15 is 0 Å². The van der Waals surface area contributed by atoms with Crippen LogP contribution < -0.4 is 5.73 Å². The Balaban J connectivity index is 2.43. The third-order valence-electron chi connectivity index (χ3n) is 2.38. The summed E-state index contributed by atoms with van der Waals surface area (Å²) in [7, 11) is 0. The number of benzene rings is 2. The van der Waals surface area contributed by atoms with Crippen molar-refractivity contribution in [1.29, 1.82) is 0 Å². The van der Waals surface area contributed by atoms with Crippen molar-refractivity contribution in [3.05, 3.63) is 59.4 Å². The van der Waals surface area contributed by atoms with Gasteiger partial charge in [-0.25, -0.2) is 4.39 Å². The predicted molar refractivity (Wildman–Crippen MR) is 62.4 cm³/mol. The van der Waals surface area contributed by atoms with Crippen LogP contribution in [0.1, 0.15) is 15.9 Å². The summed E-state index contributed by atoms with van der Waals surface area (Å²) >= 11 is 0. The van der Waals surface area contributed by atoms with E-state index in [9.17, 15) is 14.3 Å². The summed E-state index contributed by atoms with van der Waals surface area (Å²) in [6.07, 6.45) is 0. The van der Waals surface area contributed by atoms with Gasteiger partial charge in [-0.2, -0.15) is 0 Å². The van der Waals surface area contributed by atoms with Gasteiger partial charge in [0.25, 0.3) is 0 Å². The fourth-order valence-electron chi connectivity index (χ4n) is 1.48. The number of nitrogens with two attached hydrogens (primary N) is 1. The highest BCUT2D eigenvalue weighted by atomic mass is 19.1. The van der Waals surface area contributed by atoms with E-state index in [4.69, 9.17) is 5.73 Å². The molecule has 0 aliphatic heterocycles. The van der Waals surface area contributed by atoms with Gasteiger partial charge in [-0.15, -0.1) is 0 Å². The lowest BCUT2D eigenvalue weighted by atomic mass is 10.0. The van der Waals surface area contributed by atoms with Gasteiger partial charge in [-0.1, -0.05) is 0 Å². The van der Waals surface area contributed by atoms with Crippen LogP contribution in [0.2, 0.25) is 0 Å². The van der Waals surface area contributed by atoms with Gasteiger partial charge in [-0.3, -0.25) is 4.79 Å². The molecule has 0 heterocycles. The van der Waals surface area contributed by atoms with Crippen LogP contribution in [-0.4, -0.2) is 10.9 Å². The molecule has 3 N–H and O–H groups in total. The smallest absolute Gasteiger partial charge is 0.196 e. The number of hydrogen-bond donors (Lipinski definition) is 2. The van der Waals surface area contributed by atoms with Crippen LogP contribution in [0.3, 0.4) is 0 Å². The molecule has 0 bridgehead atoms. The van der Waals surface area contributed by atoms with Gasteiger partial charge in [-0.05, 0) is 42.5 Å². The third kappa shape index (κ3) is 2.25. The second-order valence-corrected chi connectivity index (χ2v) is 3.61. The minimum absolute atomic E-state index is 0.0604. The zero-order valence-corrected chi connectivity index (χ0v) is 8.85. The zero-order valence-electron chi connectivity index (χ0n) is 8.85. The first-order valence-corrected chi connectivity index (χ1v) is 4.96. The normalized spacial score (nSPS) is 10.2. The van der Waals surface area contributed by atoms with E-state index in [1.54, 1.807) is 12.1 Å². The van der Waals surface area contributed by atoms with Crippen molar-refractivity contribution in [3.8, 4) is 5.75 Å². The second kappa shape index (κ2) is 4.25. The van der Waals surface area contributed by atoms with E-state index in [1.165, 1.54) is 12.1 Å². The molecule has 0 aromatic heterocycles. The summed E-state index contributed by atoms with van der Waals surface area (Å²) in [5.41, 5.74) is 6.32. The summed E-state index contributed by atoms with van der Waals surface area (Å²) in [5, 5.41) is 9.51. The van der Waals surface area contributed by atoms with Crippen molar-refractivity contribution < 1.29 is 14.3 Å². The van der Waals surface area contributed by atoms with Gasteiger partial charge >= 0.3 is 0 Å². The molecule has 86 valence electrons. The molecule has 2 rings (SSSR count). The molecule has 0 saturated carbocycles. The number of carbonyl (C=O) groups excluding carboxylic acids is 1. The zero-order chi connectivity index (χ0) is 12.4. The number of hydrogen-bond acceptors (Lipinski definition) is 3. The van der Waals surface area contributed by atoms with Crippen molar-refractivity contribution in [1.82, 2.24) is 0 Å². The van der Waals surface area contributed by atoms with Crippen LogP contribution >= 0.6 is 0 Å². The molecule has 0 amide bonds. The van der Waals surface area contributed by atoms with Crippen molar-refractivity contribution in [2.24, 2.45) is 0 Å². The molecule has 17 heavy (non-hydrogen) atoms. The maximum atomic E-state index is 13.0. The maximum absolute atomic E-state index is 13.0. The van der Waals surface area contributed by atoms with Gasteiger partial charge in [0.15, 0.2) is 5.78 Å². The Hall–Kier alpha value is -2.36. The van der Waals surface area contributed by atoms with E-state index in [1.807, 2.05) is 0 Å². The number of phenolic OH excluding ortho intramolecular Hbond substituents is 1. The van der Waals surface area contributed by atoms with Crippen LogP contribution in [0.15, 0.2) is 42.5 Å². The van der Waals surface area contributed by atoms with Crippen molar-refractivity contribution in [2.45, 2.75) is 0 Å². The quantitative estimate of drug-likeness (QED) is 0.616. The fourth-order valence-corrected chi connectivity index (χ4v) is 1.48. The molecule has 0 aliphatic rings. The Kier molecular flexibility index (Phi) is 2.78. The van der Waals surface area contributed by atoms with Gasteiger partial charge in [0, 0.05) is 11.3 Å². The number of nitrogen functional groups attached to an aromatic ring is 1. The highest BCUT2D eigenvalue weighted by molar-refractivity contribution is 6.10. The topological polar surface area (TPSA) is 63.3 Å². The van der Waals surface area contributed by atoms with Crippen molar-refractivity contribution >= 4 is 11.5 Å². The summed E-state index contributed by atoms with van der Waals surface area (Å²) in [6.45, 7) is 0. The van der Waals surface area contributed by atoms with Crippen LogP contribution in [0.25, 0.3) is 0 Å². The molecule has 0 radical (unpaired) electrons. The van der Waals surface area contributed by atoms with Gasteiger partial charge in [0.05, 0.1) is 5.56 Å². The lowest BCUT2D eigenvalue weighted by Crippen LogP contribution is -2.02. The average Bonchev–Trinajstić information content (AvgIpc) is 2.32. The Bertz CT molecular complexity index is 564. The van der Waals surface area contributed by atoms with E-state index < -0.39 is 11.6 Å². The molecule has 3 nitrogen and oxygen atoms in total. The van der Waals surface area contributed by atoms with Gasteiger partial charge < -0.3 is 10.8 Å². The monoisotopic (exact) mass is 231 g/mol. The second-order valence-electron chi connectivity index (χ2n) is 3.61. The highest BCUT2D eigenvalue weighted by Crippen LogP contribution is 2.21. The summed E-state index contributed by atoms with van der Waals surface area (Å²) in [4.78, 5) is 12.0. The number of carbonyl (C=O) groups is 1. The molecule has 4 heteroatoms. The lowest BCUT2D eigenvalue weighted by Gasteiger charge is -2.04. The molecule has 0 saturated heterocycles. The Morgan fingerprint density at radius 1 is 1.12 bits per heavy atom. The van der Waals surface area contributed by atoms with Gasteiger partial charge in [0.2, 0.25) is 0 Å². The molecular weight excluding hydrogens is 221 g/mol. The summed E-state index contributed by atoms with van der Waals surface area (Å²) < 4.78 is 13.0. The Morgan fingerprint density at radius 2 is 1.76 bits per heavy atom. The molecule has 0 spiro atoms. The summed E-state index contributed by atoms with van der Waals surface area (Å²) in [5.74, 6) is -1.25. The molecular formula is C13H10FNO2. The molecule has 2 aromatic carbocycles. The first kappa shape index (κ1) is 11.1. The van der Waals surface area contributed by atoms with E-state index in [0.717, 1.165) is 18.2 Å². The number of phenols is 1. The van der Waals surface area contributed by atoms with Crippen LogP contribution in [-0.2, 0) is 0 Å². The van der Waals surface area contributed by atoms with Crippen LogP contribution in [0.5, 0.6) is 5.75 Å². The van der Waals surface area contributed by atoms with E-state index in [2.05, 4.69) is 0 Å². The number of ketones is 1. The standard InChI is InChI=1S/C13H10FNO2/c14-9-3-6-12(16)11(7-9)13(17)8-1-4-10(15)5-2-8/h1-7,16H,15H2. The lowest BCUT2D eigenvalue weighted by molar-refractivity contribution is 0.103. The van der Waals surface area contributed by atoms with E-state index in [0.29, 0.717) is 11.3 Å². The number of anilines is 1. The number of rotatable bonds is 2. The SMILES string of the molecule is Nc1ccc(C(=O)c2cc(F)ccc2O)cc1. The molecule has 2 aromatic rings. The maximum Gasteiger partial charge on any atom is 0.196 e. The average molecular weight is 231 g/mol. The first-order chi connectivity index (χ1) is 8.08. The Labute approximate surface area is 97.3 Å². The first-order valence-electron chi connectivity index (χ1n) is 4.96.